The summed E-state index contributed by atoms with van der Waals surface area (Å²) in [6, 6.07) is 8.15. The maximum Gasteiger partial charge on any atom is 0.344 e. The number of carbonyl (C=O) groups excluding carboxylic acids is 2. The van der Waals surface area contributed by atoms with Crippen LogP contribution in [0.4, 0.5) is 4.39 Å². The second-order valence-electron chi connectivity index (χ2n) is 8.48. The van der Waals surface area contributed by atoms with Gasteiger partial charge >= 0.3 is 11.9 Å². The molecule has 1 atom stereocenters. The van der Waals surface area contributed by atoms with Gasteiger partial charge in [-0.05, 0) is 78.2 Å². The van der Waals surface area contributed by atoms with Crippen LogP contribution >= 0.6 is 27.3 Å². The normalized spacial score (nSPS) is 14.8. The smallest absolute Gasteiger partial charge is 0.344 e. The van der Waals surface area contributed by atoms with Crippen molar-refractivity contribution in [2.24, 2.45) is 4.99 Å². The van der Waals surface area contributed by atoms with Gasteiger partial charge in [0.25, 0.3) is 5.56 Å². The van der Waals surface area contributed by atoms with Gasteiger partial charge in [0.15, 0.2) is 22.9 Å². The molecule has 0 bridgehead atoms. The van der Waals surface area contributed by atoms with Crippen LogP contribution in [0.2, 0.25) is 0 Å². The molecule has 210 valence electrons. The monoisotopic (exact) mass is 632 g/mol. The Morgan fingerprint density at radius 3 is 2.50 bits per heavy atom. The quantitative estimate of drug-likeness (QED) is 0.332. The van der Waals surface area contributed by atoms with E-state index in [0.29, 0.717) is 42.1 Å². The molecule has 2 heterocycles. The number of rotatable bonds is 9. The van der Waals surface area contributed by atoms with E-state index >= 15 is 0 Å². The van der Waals surface area contributed by atoms with Crippen molar-refractivity contribution in [2.75, 3.05) is 26.9 Å². The Hall–Kier alpha value is -3.77. The molecule has 0 spiro atoms. The van der Waals surface area contributed by atoms with Crippen molar-refractivity contribution in [3.63, 3.8) is 0 Å². The molecule has 1 aromatic heterocycles. The number of hydrogen-bond acceptors (Lipinski definition) is 9. The van der Waals surface area contributed by atoms with E-state index in [2.05, 4.69) is 20.9 Å². The van der Waals surface area contributed by atoms with Gasteiger partial charge in [0.05, 0.1) is 46.6 Å². The minimum Gasteiger partial charge on any atom is -0.493 e. The summed E-state index contributed by atoms with van der Waals surface area (Å²) in [6.45, 7) is 5.15. The minimum absolute atomic E-state index is 0.145. The van der Waals surface area contributed by atoms with E-state index < -0.39 is 23.8 Å². The van der Waals surface area contributed by atoms with Crippen LogP contribution in [-0.4, -0.2) is 43.4 Å². The molecular weight excluding hydrogens is 607 g/mol. The number of hydrogen-bond donors (Lipinski definition) is 0. The highest BCUT2D eigenvalue weighted by Gasteiger charge is 2.33. The Labute approximate surface area is 241 Å². The third-order valence-electron chi connectivity index (χ3n) is 5.89. The molecule has 3 aromatic rings. The number of benzene rings is 2. The predicted octanol–water partition coefficient (Wildman–Crippen LogP) is 3.65. The molecule has 40 heavy (non-hydrogen) atoms. The second-order valence-corrected chi connectivity index (χ2v) is 10.3. The highest BCUT2D eigenvalue weighted by atomic mass is 79.9. The zero-order valence-corrected chi connectivity index (χ0v) is 24.6. The number of thiazole rings is 1. The SMILES string of the molecule is CCOC(=O)COc1c(Br)cc(/C=c2\sc3n(c2=O)[C@H](c2ccc(F)cc2)C(C(=O)OCC)=C(C)N=3)cc1OC. The molecule has 0 aliphatic carbocycles. The Balaban J connectivity index is 1.82. The lowest BCUT2D eigenvalue weighted by Crippen LogP contribution is -2.39. The highest BCUT2D eigenvalue weighted by Crippen LogP contribution is 2.37. The predicted molar refractivity (Wildman–Crippen MR) is 150 cm³/mol. The van der Waals surface area contributed by atoms with Gasteiger partial charge in [-0.3, -0.25) is 9.36 Å². The number of halogens is 2. The zero-order valence-electron chi connectivity index (χ0n) is 22.2. The topological polar surface area (TPSA) is 105 Å². The van der Waals surface area contributed by atoms with Crippen LogP contribution in [0.25, 0.3) is 6.08 Å². The summed E-state index contributed by atoms with van der Waals surface area (Å²) in [4.78, 5) is 43.4. The van der Waals surface area contributed by atoms with Crippen molar-refractivity contribution in [3.8, 4) is 11.5 Å². The second kappa shape index (κ2) is 12.6. The maximum absolute atomic E-state index is 13.8. The van der Waals surface area contributed by atoms with E-state index in [4.69, 9.17) is 18.9 Å². The zero-order chi connectivity index (χ0) is 29.0. The third kappa shape index (κ3) is 6.02. The van der Waals surface area contributed by atoms with E-state index in [0.717, 1.165) is 11.3 Å². The van der Waals surface area contributed by atoms with Crippen molar-refractivity contribution in [3.05, 3.63) is 88.8 Å². The Kier molecular flexibility index (Phi) is 9.21. The van der Waals surface area contributed by atoms with Crippen LogP contribution < -0.4 is 24.4 Å². The standard InChI is InChI=1S/C28H26BrFN2O7S/c1-5-37-22(33)14-39-25-19(29)11-16(12-20(25)36-4)13-21-26(34)32-24(17-7-9-18(30)10-8-17)23(27(35)38-6-2)15(3)31-28(32)40-21/h7-13,24H,5-6,14H2,1-4H3/b21-13-/t24-/m1/s1. The van der Waals surface area contributed by atoms with E-state index in [1.54, 1.807) is 39.0 Å². The van der Waals surface area contributed by atoms with Crippen LogP contribution in [0.15, 0.2) is 61.9 Å². The molecule has 2 aromatic carbocycles. The Morgan fingerprint density at radius 1 is 1.15 bits per heavy atom. The number of ether oxygens (including phenoxy) is 4. The van der Waals surface area contributed by atoms with Crippen molar-refractivity contribution in [1.29, 1.82) is 0 Å². The highest BCUT2D eigenvalue weighted by molar-refractivity contribution is 9.10. The van der Waals surface area contributed by atoms with Gasteiger partial charge in [-0.15, -0.1) is 0 Å². The molecule has 1 aliphatic heterocycles. The first-order chi connectivity index (χ1) is 19.2. The fourth-order valence-electron chi connectivity index (χ4n) is 4.20. The molecule has 4 rings (SSSR count). The number of nitrogens with zero attached hydrogens (tertiary/aromatic N) is 2. The van der Waals surface area contributed by atoms with E-state index in [1.807, 2.05) is 0 Å². The number of methoxy groups -OCH3 is 1. The number of aromatic nitrogens is 1. The third-order valence-corrected chi connectivity index (χ3v) is 7.46. The summed E-state index contributed by atoms with van der Waals surface area (Å²) in [5.41, 5.74) is 1.38. The van der Waals surface area contributed by atoms with Crippen molar-refractivity contribution in [2.45, 2.75) is 26.8 Å². The lowest BCUT2D eigenvalue weighted by molar-refractivity contribution is -0.145. The average Bonchev–Trinajstić information content (AvgIpc) is 3.21. The largest absolute Gasteiger partial charge is 0.493 e. The molecule has 0 amide bonds. The van der Waals surface area contributed by atoms with Gasteiger partial charge in [0.2, 0.25) is 0 Å². The summed E-state index contributed by atoms with van der Waals surface area (Å²) in [6.07, 6.45) is 1.66. The molecule has 0 saturated heterocycles. The number of fused-ring (bicyclic) bond motifs is 1. The van der Waals surface area contributed by atoms with Crippen LogP contribution in [-0.2, 0) is 19.1 Å². The number of allylic oxidation sites excluding steroid dienone is 1. The van der Waals surface area contributed by atoms with Crippen LogP contribution in [0.1, 0.15) is 37.9 Å². The molecule has 0 fully saturated rings. The Morgan fingerprint density at radius 2 is 1.85 bits per heavy atom. The molecule has 0 saturated carbocycles. The summed E-state index contributed by atoms with van der Waals surface area (Å²) in [7, 11) is 1.46. The minimum atomic E-state index is -0.849. The molecular formula is C28H26BrFN2O7S. The number of carbonyl (C=O) groups is 2. The lowest BCUT2D eigenvalue weighted by Gasteiger charge is -2.24. The van der Waals surface area contributed by atoms with Gasteiger partial charge in [-0.2, -0.15) is 0 Å². The fourth-order valence-corrected chi connectivity index (χ4v) is 5.82. The maximum atomic E-state index is 13.8. The van der Waals surface area contributed by atoms with Crippen LogP contribution in [0, 0.1) is 5.82 Å². The summed E-state index contributed by atoms with van der Waals surface area (Å²) in [5, 5.41) is 0. The van der Waals surface area contributed by atoms with Crippen molar-refractivity contribution >= 4 is 45.3 Å². The molecule has 0 N–H and O–H groups in total. The first kappa shape index (κ1) is 29.2. The van der Waals surface area contributed by atoms with Crippen molar-refractivity contribution < 1.29 is 32.9 Å². The molecule has 0 radical (unpaired) electrons. The van der Waals surface area contributed by atoms with Gasteiger partial charge in [0.1, 0.15) is 5.82 Å². The number of esters is 2. The van der Waals surface area contributed by atoms with Crippen LogP contribution in [0.3, 0.4) is 0 Å². The van der Waals surface area contributed by atoms with E-state index in [-0.39, 0.29) is 31.0 Å². The average molecular weight is 633 g/mol. The van der Waals surface area contributed by atoms with Crippen LogP contribution in [0.5, 0.6) is 11.5 Å². The van der Waals surface area contributed by atoms with E-state index in [1.165, 1.54) is 35.9 Å². The lowest BCUT2D eigenvalue weighted by atomic mass is 9.96. The summed E-state index contributed by atoms with van der Waals surface area (Å²) >= 11 is 4.60. The van der Waals surface area contributed by atoms with Gasteiger partial charge in [0, 0.05) is 0 Å². The van der Waals surface area contributed by atoms with E-state index in [9.17, 15) is 18.8 Å². The molecule has 9 nitrogen and oxygen atoms in total. The summed E-state index contributed by atoms with van der Waals surface area (Å²) in [5.74, 6) is -0.916. The molecule has 12 heteroatoms. The Bertz CT molecular complexity index is 1660. The van der Waals surface area contributed by atoms with Gasteiger partial charge in [-0.1, -0.05) is 23.5 Å². The first-order valence-corrected chi connectivity index (χ1v) is 13.9. The van der Waals surface area contributed by atoms with Gasteiger partial charge < -0.3 is 18.9 Å². The van der Waals surface area contributed by atoms with Gasteiger partial charge in [-0.25, -0.2) is 19.0 Å². The van der Waals surface area contributed by atoms with Crippen molar-refractivity contribution in [1.82, 2.24) is 4.57 Å². The molecule has 1 aliphatic rings. The summed E-state index contributed by atoms with van der Waals surface area (Å²) < 4.78 is 37.2. The molecule has 0 unspecified atom stereocenters. The fraction of sp³-hybridized carbons (Fsp3) is 0.286. The first-order valence-electron chi connectivity index (χ1n) is 12.3.